The topological polar surface area (TPSA) is 36.3 Å². The highest BCUT2D eigenvalue weighted by atomic mass is 35.5. The average molecular weight is 605 g/mol. The molecule has 0 aliphatic carbocycles. The lowest BCUT2D eigenvalue weighted by Crippen LogP contribution is -2.33. The van der Waals surface area contributed by atoms with Crippen molar-refractivity contribution in [2.24, 2.45) is 5.92 Å². The Morgan fingerprint density at radius 3 is 2.37 bits per heavy atom. The number of hydrogen-bond acceptors (Lipinski definition) is 3. The molecule has 2 aliphatic rings. The van der Waals surface area contributed by atoms with Gasteiger partial charge in [-0.1, -0.05) is 42.3 Å². The third kappa shape index (κ3) is 5.11. The lowest BCUT2D eigenvalue weighted by molar-refractivity contribution is 0.438. The maximum atomic E-state index is 7.00. The molecule has 8 heteroatoms. The highest BCUT2D eigenvalue weighted by Gasteiger charge is 2.43. The zero-order chi connectivity index (χ0) is 28.8. The summed E-state index contributed by atoms with van der Waals surface area (Å²) in [5.41, 5.74) is 8.80. The van der Waals surface area contributed by atoms with E-state index in [-0.39, 0.29) is 12.1 Å². The van der Waals surface area contributed by atoms with Crippen LogP contribution in [0, 0.1) is 26.7 Å². The van der Waals surface area contributed by atoms with Gasteiger partial charge in [0.1, 0.15) is 0 Å². The summed E-state index contributed by atoms with van der Waals surface area (Å²) in [6.45, 7) is 10.9. The van der Waals surface area contributed by atoms with E-state index in [1.807, 2.05) is 36.5 Å². The average Bonchev–Trinajstić information content (AvgIpc) is 3.41. The number of nitrogens with zero attached hydrogens (tertiary/aromatic N) is 4. The molecule has 0 saturated carbocycles. The predicted molar refractivity (Wildman–Crippen MR) is 175 cm³/mol. The zero-order valence-electron chi connectivity index (χ0n) is 23.9. The number of aromatic nitrogens is 2. The third-order valence-electron chi connectivity index (χ3n) is 8.80. The first-order valence-electron chi connectivity index (χ1n) is 14.2. The summed E-state index contributed by atoms with van der Waals surface area (Å²) in [5, 5.41) is 5.74. The normalized spacial score (nSPS) is 19.6. The van der Waals surface area contributed by atoms with Gasteiger partial charge in [0.05, 0.1) is 28.5 Å². The van der Waals surface area contributed by atoms with Crippen LogP contribution in [0.15, 0.2) is 66.9 Å². The van der Waals surface area contributed by atoms with Crippen LogP contribution in [0.2, 0.25) is 10.0 Å². The molecular weight excluding hydrogens is 569 g/mol. The van der Waals surface area contributed by atoms with Crippen LogP contribution in [0.4, 0.5) is 11.4 Å². The summed E-state index contributed by atoms with van der Waals surface area (Å²) < 4.78 is 2.29. The van der Waals surface area contributed by atoms with Crippen LogP contribution in [-0.2, 0) is 0 Å². The predicted octanol–water partition coefficient (Wildman–Crippen LogP) is 8.52. The highest BCUT2D eigenvalue weighted by molar-refractivity contribution is 7.80. The molecule has 2 fully saturated rings. The van der Waals surface area contributed by atoms with E-state index in [1.165, 1.54) is 29.7 Å². The van der Waals surface area contributed by atoms with Crippen LogP contribution in [-0.4, -0.2) is 27.8 Å². The van der Waals surface area contributed by atoms with E-state index < -0.39 is 0 Å². The van der Waals surface area contributed by atoms with E-state index in [9.17, 15) is 0 Å². The Balaban J connectivity index is 1.47. The van der Waals surface area contributed by atoms with Gasteiger partial charge in [0.25, 0.3) is 0 Å². The molecule has 2 atom stereocenters. The lowest BCUT2D eigenvalue weighted by Gasteiger charge is -2.33. The molecule has 0 amide bonds. The van der Waals surface area contributed by atoms with Crippen molar-refractivity contribution in [2.75, 3.05) is 22.9 Å². The standard InChI is InChI=1S/C33H35Cl2N5S/c1-20-13-16-38(17-14-20)29-12-11-26(19-27(29)35)40-32(31(37-33(40)41)28-10-5-6-15-36-28)30-21(2)22(3)39(23(30)4)25-9-7-8-24(34)18-25/h5-12,15,18-20,31-32H,13-14,16-17H2,1-4H3,(H,37,41)/t31-,32-/m1/s1. The summed E-state index contributed by atoms with van der Waals surface area (Å²) in [6.07, 6.45) is 4.22. The minimum atomic E-state index is -0.141. The Morgan fingerprint density at radius 2 is 1.68 bits per heavy atom. The molecule has 0 spiro atoms. The van der Waals surface area contributed by atoms with Crippen LogP contribution in [0.5, 0.6) is 0 Å². The molecule has 1 N–H and O–H groups in total. The lowest BCUT2D eigenvalue weighted by atomic mass is 9.93. The molecule has 4 aromatic rings. The number of pyridine rings is 1. The Morgan fingerprint density at radius 1 is 0.902 bits per heavy atom. The monoisotopic (exact) mass is 603 g/mol. The second kappa shape index (κ2) is 11.3. The Hall–Kier alpha value is -3.06. The minimum Gasteiger partial charge on any atom is -0.370 e. The molecule has 6 rings (SSSR count). The second-order valence-corrected chi connectivity index (χ2v) is 12.6. The molecule has 212 valence electrons. The van der Waals surface area contributed by atoms with Gasteiger partial charge in [-0.3, -0.25) is 4.98 Å². The van der Waals surface area contributed by atoms with Gasteiger partial charge in [-0.15, -0.1) is 0 Å². The number of rotatable bonds is 5. The fourth-order valence-electron chi connectivity index (χ4n) is 6.52. The van der Waals surface area contributed by atoms with Crippen molar-refractivity contribution in [3.05, 3.63) is 105 Å². The van der Waals surface area contributed by atoms with Gasteiger partial charge in [0, 0.05) is 52.6 Å². The number of anilines is 2. The molecule has 41 heavy (non-hydrogen) atoms. The van der Waals surface area contributed by atoms with E-state index in [0.29, 0.717) is 10.1 Å². The van der Waals surface area contributed by atoms with E-state index in [1.54, 1.807) is 0 Å². The molecule has 2 aromatic carbocycles. The van der Waals surface area contributed by atoms with Crippen LogP contribution in [0.3, 0.4) is 0 Å². The molecule has 0 radical (unpaired) electrons. The molecular formula is C33H35Cl2N5S. The van der Waals surface area contributed by atoms with Crippen LogP contribution >= 0.6 is 35.4 Å². The van der Waals surface area contributed by atoms with E-state index in [4.69, 9.17) is 40.4 Å². The summed E-state index contributed by atoms with van der Waals surface area (Å²) in [6, 6.07) is 20.2. The van der Waals surface area contributed by atoms with E-state index >= 15 is 0 Å². The van der Waals surface area contributed by atoms with Gasteiger partial charge < -0.3 is 19.7 Å². The van der Waals surface area contributed by atoms with Gasteiger partial charge in [-0.05, 0) is 106 Å². The van der Waals surface area contributed by atoms with Crippen molar-refractivity contribution >= 4 is 51.9 Å². The Kier molecular flexibility index (Phi) is 7.75. The fourth-order valence-corrected chi connectivity index (χ4v) is 7.35. The smallest absolute Gasteiger partial charge is 0.174 e. The first-order chi connectivity index (χ1) is 19.7. The molecule has 2 aliphatic heterocycles. The van der Waals surface area contributed by atoms with Gasteiger partial charge >= 0.3 is 0 Å². The first kappa shape index (κ1) is 28.1. The maximum absolute atomic E-state index is 7.00. The molecule has 2 saturated heterocycles. The number of piperidine rings is 1. The first-order valence-corrected chi connectivity index (χ1v) is 15.4. The Labute approximate surface area is 258 Å². The number of nitrogens with one attached hydrogen (secondary N) is 1. The van der Waals surface area contributed by atoms with Crippen LogP contribution in [0.1, 0.15) is 60.1 Å². The van der Waals surface area contributed by atoms with Crippen molar-refractivity contribution in [1.82, 2.24) is 14.9 Å². The van der Waals surface area contributed by atoms with Crippen molar-refractivity contribution in [3.8, 4) is 5.69 Å². The summed E-state index contributed by atoms with van der Waals surface area (Å²) in [5.74, 6) is 0.760. The second-order valence-electron chi connectivity index (χ2n) is 11.3. The van der Waals surface area contributed by atoms with Gasteiger partial charge in [-0.25, -0.2) is 0 Å². The fraction of sp³-hybridized carbons (Fsp3) is 0.333. The summed E-state index contributed by atoms with van der Waals surface area (Å²) in [4.78, 5) is 9.38. The van der Waals surface area contributed by atoms with Crippen molar-refractivity contribution in [2.45, 2.75) is 52.6 Å². The summed E-state index contributed by atoms with van der Waals surface area (Å²) in [7, 11) is 0. The molecule has 5 nitrogen and oxygen atoms in total. The SMILES string of the molecule is Cc1c([C@@H]2[C@@H](c3ccccn3)NC(=S)N2c2ccc(N3CCC(C)CC3)c(Cl)c2)c(C)n(-c2cccc(Cl)c2)c1C. The zero-order valence-corrected chi connectivity index (χ0v) is 26.2. The van der Waals surface area contributed by atoms with Crippen molar-refractivity contribution < 1.29 is 0 Å². The molecule has 2 aromatic heterocycles. The van der Waals surface area contributed by atoms with Gasteiger partial charge in [0.2, 0.25) is 0 Å². The van der Waals surface area contributed by atoms with Gasteiger partial charge in [-0.2, -0.15) is 0 Å². The minimum absolute atomic E-state index is 0.130. The largest absolute Gasteiger partial charge is 0.370 e. The van der Waals surface area contributed by atoms with Crippen molar-refractivity contribution in [3.63, 3.8) is 0 Å². The quantitative estimate of drug-likeness (QED) is 0.231. The van der Waals surface area contributed by atoms with E-state index in [0.717, 1.165) is 52.5 Å². The number of benzene rings is 2. The number of thiocarbonyl (C=S) groups is 1. The van der Waals surface area contributed by atoms with Gasteiger partial charge in [0.15, 0.2) is 5.11 Å². The molecule has 0 bridgehead atoms. The number of halogens is 2. The maximum Gasteiger partial charge on any atom is 0.174 e. The van der Waals surface area contributed by atoms with Crippen LogP contribution in [0.25, 0.3) is 5.69 Å². The van der Waals surface area contributed by atoms with Crippen LogP contribution < -0.4 is 15.1 Å². The van der Waals surface area contributed by atoms with Crippen molar-refractivity contribution in [1.29, 1.82) is 0 Å². The summed E-state index contributed by atoms with van der Waals surface area (Å²) >= 11 is 19.5. The van der Waals surface area contributed by atoms with E-state index in [2.05, 4.69) is 77.7 Å². The molecule has 4 heterocycles. The highest BCUT2D eigenvalue weighted by Crippen LogP contribution is 2.46. The molecule has 0 unspecified atom stereocenters. The third-order valence-corrected chi connectivity index (χ3v) is 9.65. The number of hydrogen-bond donors (Lipinski definition) is 1. The Bertz CT molecular complexity index is 1590.